The summed E-state index contributed by atoms with van der Waals surface area (Å²) in [6.45, 7) is 4.22. The molecule has 0 aliphatic heterocycles. The molecule has 0 radical (unpaired) electrons. The molecule has 618 valence electrons. The van der Waals surface area contributed by atoms with E-state index >= 15 is 0 Å². The van der Waals surface area contributed by atoms with Crippen LogP contribution in [0.3, 0.4) is 0 Å². The number of rotatable bonds is 74. The Hall–Kier alpha value is -6.62. The summed E-state index contributed by atoms with van der Waals surface area (Å²) in [5, 5.41) is 10.7. The molecule has 0 amide bonds. The molecule has 0 spiro atoms. The maximum Gasteiger partial charge on any atom is 0.472 e. The lowest BCUT2D eigenvalue weighted by atomic mass is 10.1. The molecule has 17 nitrogen and oxygen atoms in total. The number of esters is 4. The molecule has 5 unspecified atom stereocenters. The summed E-state index contributed by atoms with van der Waals surface area (Å²) < 4.78 is 68.6. The van der Waals surface area contributed by atoms with Gasteiger partial charge in [-0.2, -0.15) is 0 Å². The van der Waals surface area contributed by atoms with Crippen molar-refractivity contribution in [2.45, 2.75) is 290 Å². The fraction of sp³-hybridized carbons (Fsp3) is 0.560. The van der Waals surface area contributed by atoms with E-state index < -0.39 is 97.5 Å². The van der Waals surface area contributed by atoms with E-state index in [0.717, 1.165) is 186 Å². The molecule has 0 bridgehead atoms. The predicted molar refractivity (Wildman–Crippen MR) is 454 cm³/mol. The minimum Gasteiger partial charge on any atom is -0.462 e. The molecule has 0 aliphatic carbocycles. The van der Waals surface area contributed by atoms with Gasteiger partial charge in [0, 0.05) is 25.7 Å². The highest BCUT2D eigenvalue weighted by Gasteiger charge is 2.30. The van der Waals surface area contributed by atoms with E-state index in [0.29, 0.717) is 32.1 Å². The van der Waals surface area contributed by atoms with Gasteiger partial charge in [-0.25, -0.2) is 9.13 Å². The van der Waals surface area contributed by atoms with Crippen LogP contribution in [0, 0.1) is 0 Å². The van der Waals surface area contributed by atoms with Crippen LogP contribution in [0.4, 0.5) is 0 Å². The van der Waals surface area contributed by atoms with Gasteiger partial charge >= 0.3 is 39.5 Å². The van der Waals surface area contributed by atoms with Crippen molar-refractivity contribution in [2.75, 3.05) is 39.6 Å². The summed E-state index contributed by atoms with van der Waals surface area (Å²) in [6.07, 6.45) is 102. The Kier molecular flexibility index (Phi) is 75.6. The van der Waals surface area contributed by atoms with Crippen molar-refractivity contribution in [3.8, 4) is 0 Å². The van der Waals surface area contributed by atoms with Crippen LogP contribution in [-0.4, -0.2) is 96.7 Å². The number of unbranched alkanes of at least 4 members (excludes halogenated alkanes) is 12. The van der Waals surface area contributed by atoms with Gasteiger partial charge in [0.2, 0.25) is 0 Å². The van der Waals surface area contributed by atoms with Crippen LogP contribution in [0.5, 0.6) is 0 Å². The lowest BCUT2D eigenvalue weighted by Gasteiger charge is -2.21. The molecule has 0 saturated carbocycles. The quantitative estimate of drug-likeness (QED) is 0.0169. The molecule has 0 heterocycles. The number of aliphatic hydroxyl groups is 1. The Bertz CT molecular complexity index is 2950. The summed E-state index contributed by atoms with van der Waals surface area (Å²) in [7, 11) is -10.0. The van der Waals surface area contributed by atoms with Gasteiger partial charge < -0.3 is 33.8 Å². The van der Waals surface area contributed by atoms with Crippen molar-refractivity contribution in [2.24, 2.45) is 0 Å². The number of carbonyl (C=O) groups excluding carboxylic acids is 4. The lowest BCUT2D eigenvalue weighted by Crippen LogP contribution is -2.30. The molecule has 0 aliphatic rings. The number of aliphatic hydroxyl groups excluding tert-OH is 1. The second kappa shape index (κ2) is 80.4. The van der Waals surface area contributed by atoms with E-state index in [-0.39, 0.29) is 25.7 Å². The summed E-state index contributed by atoms with van der Waals surface area (Å²) in [6, 6.07) is 0. The van der Waals surface area contributed by atoms with Crippen molar-refractivity contribution in [3.05, 3.63) is 219 Å². The third kappa shape index (κ3) is 79.5. The van der Waals surface area contributed by atoms with Crippen LogP contribution in [0.25, 0.3) is 0 Å². The summed E-state index contributed by atoms with van der Waals surface area (Å²) in [5.41, 5.74) is 0. The summed E-state index contributed by atoms with van der Waals surface area (Å²) >= 11 is 0. The Morgan fingerprint density at radius 3 is 0.745 bits per heavy atom. The monoisotopic (exact) mass is 1570 g/mol. The molecule has 0 rings (SSSR count). The number of hydrogen-bond donors (Lipinski definition) is 3. The number of carbonyl (C=O) groups is 4. The van der Waals surface area contributed by atoms with E-state index in [1.54, 1.807) is 0 Å². The number of phosphoric acid groups is 2. The lowest BCUT2D eigenvalue weighted by molar-refractivity contribution is -0.161. The highest BCUT2D eigenvalue weighted by atomic mass is 31.2. The van der Waals surface area contributed by atoms with Gasteiger partial charge in [-0.05, 0) is 180 Å². The SMILES string of the molecule is CC/C=C\C/C=C\C/C=C\C/C=C\C/C=C\C/C=C\CCC(=O)OCC(COP(=O)(O)OCC(O)COP(=O)(O)OCC(COC(=O)CCCCC/C=C\C/C=C\C/C=C\C/C=C\C/C=C\CC)OC(=O)CCCCCCC/C=C\C/C=C\C/C=C\CC)OC(=O)CCCCCC/C=C\C/C=C\C/C=C\C/C=C\CC. The zero-order valence-electron chi connectivity index (χ0n) is 67.6. The molecule has 110 heavy (non-hydrogen) atoms. The van der Waals surface area contributed by atoms with E-state index in [2.05, 4.69) is 228 Å². The van der Waals surface area contributed by atoms with Gasteiger partial charge in [0.25, 0.3) is 0 Å². The zero-order valence-corrected chi connectivity index (χ0v) is 69.4. The van der Waals surface area contributed by atoms with Gasteiger partial charge in [0.05, 0.1) is 26.4 Å². The largest absolute Gasteiger partial charge is 0.472 e. The van der Waals surface area contributed by atoms with Crippen LogP contribution >= 0.6 is 15.6 Å². The molecule has 5 atom stereocenters. The number of ether oxygens (including phenoxy) is 4. The Labute approximate surface area is 664 Å². The van der Waals surface area contributed by atoms with Gasteiger partial charge in [-0.3, -0.25) is 37.3 Å². The molecule has 0 aromatic heterocycles. The van der Waals surface area contributed by atoms with E-state index in [1.807, 2.05) is 18.2 Å². The van der Waals surface area contributed by atoms with Crippen LogP contribution < -0.4 is 0 Å². The smallest absolute Gasteiger partial charge is 0.462 e. The molecule has 19 heteroatoms. The maximum atomic E-state index is 13.1. The van der Waals surface area contributed by atoms with Crippen molar-refractivity contribution in [1.29, 1.82) is 0 Å². The second-order valence-electron chi connectivity index (χ2n) is 26.2. The first-order valence-electron chi connectivity index (χ1n) is 41.0. The predicted octanol–water partition coefficient (Wildman–Crippen LogP) is 24.4. The summed E-state index contributed by atoms with van der Waals surface area (Å²) in [4.78, 5) is 73.1. The van der Waals surface area contributed by atoms with Gasteiger partial charge in [0.1, 0.15) is 19.3 Å². The molecule has 3 N–H and O–H groups in total. The first-order valence-corrected chi connectivity index (χ1v) is 44.0. The van der Waals surface area contributed by atoms with Crippen molar-refractivity contribution < 1.29 is 80.2 Å². The number of allylic oxidation sites excluding steroid dienone is 36. The van der Waals surface area contributed by atoms with E-state index in [1.165, 1.54) is 0 Å². The average molecular weight is 1570 g/mol. The molecule has 0 fully saturated rings. The van der Waals surface area contributed by atoms with Crippen molar-refractivity contribution in [1.82, 2.24) is 0 Å². The minimum absolute atomic E-state index is 0.0202. The first kappa shape index (κ1) is 103. The van der Waals surface area contributed by atoms with Crippen molar-refractivity contribution >= 4 is 39.5 Å². The Morgan fingerprint density at radius 1 is 0.255 bits per heavy atom. The zero-order chi connectivity index (χ0) is 80.3. The summed E-state index contributed by atoms with van der Waals surface area (Å²) in [5.74, 6) is -2.38. The van der Waals surface area contributed by atoms with E-state index in [4.69, 9.17) is 37.0 Å². The minimum atomic E-state index is -5.02. The van der Waals surface area contributed by atoms with Crippen LogP contribution in [-0.2, 0) is 65.4 Å². The topological polar surface area (TPSA) is 237 Å². The number of hydrogen-bond acceptors (Lipinski definition) is 15. The highest BCUT2D eigenvalue weighted by Crippen LogP contribution is 2.45. The fourth-order valence-electron chi connectivity index (χ4n) is 9.86. The molecular weight excluding hydrogens is 1430 g/mol. The average Bonchev–Trinajstić information content (AvgIpc) is 0.906. The second-order valence-corrected chi connectivity index (χ2v) is 29.1. The van der Waals surface area contributed by atoms with Crippen molar-refractivity contribution in [3.63, 3.8) is 0 Å². The first-order chi connectivity index (χ1) is 53.7. The third-order valence-electron chi connectivity index (χ3n) is 15.9. The van der Waals surface area contributed by atoms with Crippen LogP contribution in [0.1, 0.15) is 272 Å². The Morgan fingerprint density at radius 2 is 0.464 bits per heavy atom. The van der Waals surface area contributed by atoms with Crippen LogP contribution in [0.2, 0.25) is 0 Å². The van der Waals surface area contributed by atoms with Gasteiger partial charge in [-0.1, -0.05) is 285 Å². The highest BCUT2D eigenvalue weighted by molar-refractivity contribution is 7.47. The third-order valence-corrected chi connectivity index (χ3v) is 17.8. The Balaban J connectivity index is 5.54. The molecule has 0 aromatic carbocycles. The standard InChI is InChI=1S/C91H142O17P2/c1-5-9-13-17-21-25-29-33-37-40-42-45-48-51-55-59-63-67-71-75-88(93)101-81-86(107-90(95)77-73-69-65-61-57-53-47-36-32-28-24-20-16-12-8-4)83-105-109(97,98)103-79-85(92)80-104-110(99,100)106-84-87(108-91(96)78-74-70-66-62-58-54-50-44-39-35-31-27-23-19-15-11-7-3)82-102-89(94)76-72-68-64-60-56-52-49-46-43-41-38-34-30-26-22-18-14-10-6-2/h9-16,21-28,33-39,42-43,45-47,50-52,54-56,64,68,85-87,92H,5-8,17-20,29-32,40-41,44,48-49,53,57-63,65-67,69-84H2,1-4H3,(H,97,98)(H,99,100)/b13-9-,14-10-,15-11-,16-12-,25-21-,26-22-,27-23-,28-24-,37-33-,38-34-,39-35-,45-42-,46-43-,47-36-,54-50-,55-51-,56-52-,68-64-. The maximum absolute atomic E-state index is 13.1. The van der Waals surface area contributed by atoms with Gasteiger partial charge in [0.15, 0.2) is 12.2 Å². The molecule has 0 aromatic rings. The van der Waals surface area contributed by atoms with E-state index in [9.17, 15) is 43.2 Å². The van der Waals surface area contributed by atoms with Gasteiger partial charge in [-0.15, -0.1) is 0 Å². The molecular formula is C91H142O17P2. The van der Waals surface area contributed by atoms with Crippen LogP contribution in [0.15, 0.2) is 219 Å². The molecule has 0 saturated heterocycles. The number of phosphoric ester groups is 2. The fourth-order valence-corrected chi connectivity index (χ4v) is 11.4. The normalized spacial score (nSPS) is 14.9.